The minimum atomic E-state index is -3.58. The lowest BCUT2D eigenvalue weighted by Gasteiger charge is -2.25. The third-order valence-electron chi connectivity index (χ3n) is 3.48. The van der Waals surface area contributed by atoms with Gasteiger partial charge in [-0.05, 0) is 38.1 Å². The summed E-state index contributed by atoms with van der Waals surface area (Å²) in [6.45, 7) is 2.48. The number of hydrogen-bond acceptors (Lipinski definition) is 5. The molecule has 2 N–H and O–H groups in total. The van der Waals surface area contributed by atoms with Crippen LogP contribution in [0.15, 0.2) is 23.1 Å². The van der Waals surface area contributed by atoms with Crippen LogP contribution in [-0.4, -0.2) is 40.8 Å². The molecule has 0 unspecified atom stereocenters. The number of sulfonamides is 1. The molecule has 1 saturated heterocycles. The van der Waals surface area contributed by atoms with Crippen LogP contribution >= 0.6 is 12.4 Å². The Morgan fingerprint density at radius 2 is 1.86 bits per heavy atom. The molecule has 1 fully saturated rings. The van der Waals surface area contributed by atoms with Crippen LogP contribution in [0.1, 0.15) is 12.8 Å². The molecule has 0 radical (unpaired) electrons. The van der Waals surface area contributed by atoms with Crippen LogP contribution in [0.3, 0.4) is 0 Å². The van der Waals surface area contributed by atoms with E-state index < -0.39 is 10.0 Å². The first-order valence-corrected chi connectivity index (χ1v) is 8.27. The Morgan fingerprint density at radius 3 is 2.62 bits per heavy atom. The second-order valence-electron chi connectivity index (χ2n) is 4.93. The summed E-state index contributed by atoms with van der Waals surface area (Å²) in [6.07, 6.45) is 1.59. The fourth-order valence-corrected chi connectivity index (χ4v) is 3.94. The van der Waals surface area contributed by atoms with E-state index >= 15 is 0 Å². The first-order chi connectivity index (χ1) is 9.67. The Balaban J connectivity index is 0.00000161. The summed E-state index contributed by atoms with van der Waals surface area (Å²) in [4.78, 5) is 0.160. The topological polar surface area (TPSA) is 76.7 Å². The van der Waals surface area contributed by atoms with E-state index in [1.807, 2.05) is 0 Å². The predicted octanol–water partition coefficient (Wildman–Crippen LogP) is 0.910. The van der Waals surface area contributed by atoms with Gasteiger partial charge >= 0.3 is 0 Å². The third kappa shape index (κ3) is 3.60. The maximum absolute atomic E-state index is 12.5. The first kappa shape index (κ1) is 16.4. The Hall–Kier alpha value is -1.02. The van der Waals surface area contributed by atoms with Crippen molar-refractivity contribution in [2.45, 2.75) is 23.8 Å². The zero-order valence-corrected chi connectivity index (χ0v) is 13.1. The quantitative estimate of drug-likeness (QED) is 0.859. The van der Waals surface area contributed by atoms with Gasteiger partial charge in [0.25, 0.3) is 0 Å². The molecule has 1 aromatic rings. The minimum Gasteiger partial charge on any atom is -0.486 e. The number of piperidine rings is 1. The Labute approximate surface area is 130 Å². The normalized spacial score (nSPS) is 18.9. The molecule has 2 aliphatic heterocycles. The van der Waals surface area contributed by atoms with Crippen molar-refractivity contribution in [1.82, 2.24) is 10.0 Å². The van der Waals surface area contributed by atoms with Gasteiger partial charge in [0.2, 0.25) is 10.0 Å². The average Bonchev–Trinajstić information content (AvgIpc) is 2.47. The van der Waals surface area contributed by atoms with Gasteiger partial charge in [0.1, 0.15) is 18.1 Å². The van der Waals surface area contributed by atoms with Crippen LogP contribution in [0.2, 0.25) is 0 Å². The smallest absolute Gasteiger partial charge is 0.244 e. The summed E-state index contributed by atoms with van der Waals surface area (Å²) in [5.74, 6) is 0.810. The summed E-state index contributed by atoms with van der Waals surface area (Å²) < 4.78 is 38.7. The fraction of sp³-hybridized carbons (Fsp3) is 0.538. The van der Waals surface area contributed by atoms with E-state index in [2.05, 4.69) is 10.0 Å². The molecule has 1 aromatic carbocycles. The molecular weight excluding hydrogens is 316 g/mol. The van der Waals surface area contributed by atoms with Gasteiger partial charge in [-0.2, -0.15) is 0 Å². The number of ether oxygens (including phenoxy) is 2. The monoisotopic (exact) mass is 334 g/mol. The number of fused-ring (bicyclic) bond motifs is 1. The number of hydrogen-bond donors (Lipinski definition) is 2. The van der Waals surface area contributed by atoms with Gasteiger partial charge in [-0.1, -0.05) is 6.07 Å². The van der Waals surface area contributed by atoms with E-state index in [1.165, 1.54) is 0 Å². The van der Waals surface area contributed by atoms with Gasteiger partial charge in [-0.3, -0.25) is 0 Å². The maximum atomic E-state index is 12.5. The van der Waals surface area contributed by atoms with E-state index in [0.717, 1.165) is 25.9 Å². The lowest BCUT2D eigenvalue weighted by Crippen LogP contribution is -2.42. The standard InChI is InChI=1S/C13H18N2O4S.ClH/c16-20(17,15-10-4-6-14-7-5-10)12-3-1-2-11-13(12)19-9-8-18-11;/h1-3,10,14-15H,4-9H2;1H. The van der Waals surface area contributed by atoms with Crippen molar-refractivity contribution < 1.29 is 17.9 Å². The zero-order valence-electron chi connectivity index (χ0n) is 11.5. The van der Waals surface area contributed by atoms with Crippen LogP contribution in [0.5, 0.6) is 11.5 Å². The molecule has 118 valence electrons. The molecule has 0 aromatic heterocycles. The predicted molar refractivity (Wildman–Crippen MR) is 80.9 cm³/mol. The molecule has 0 aliphatic carbocycles. The summed E-state index contributed by atoms with van der Waals surface area (Å²) in [7, 11) is -3.58. The third-order valence-corrected chi connectivity index (χ3v) is 5.02. The zero-order chi connectivity index (χ0) is 14.0. The molecule has 0 saturated carbocycles. The van der Waals surface area contributed by atoms with Gasteiger partial charge in [0, 0.05) is 6.04 Å². The molecular formula is C13H19ClN2O4S. The van der Waals surface area contributed by atoms with E-state index in [4.69, 9.17) is 9.47 Å². The molecule has 0 spiro atoms. The molecule has 0 amide bonds. The highest BCUT2D eigenvalue weighted by molar-refractivity contribution is 7.89. The highest BCUT2D eigenvalue weighted by atomic mass is 35.5. The van der Waals surface area contributed by atoms with Crippen LogP contribution in [-0.2, 0) is 10.0 Å². The van der Waals surface area contributed by atoms with Gasteiger partial charge in [-0.25, -0.2) is 13.1 Å². The summed E-state index contributed by atoms with van der Waals surface area (Å²) >= 11 is 0. The summed E-state index contributed by atoms with van der Waals surface area (Å²) in [5.41, 5.74) is 0. The number of para-hydroxylation sites is 1. The molecule has 0 atom stereocenters. The number of halogens is 1. The van der Waals surface area contributed by atoms with Crippen LogP contribution in [0.25, 0.3) is 0 Å². The van der Waals surface area contributed by atoms with Crippen LogP contribution in [0.4, 0.5) is 0 Å². The van der Waals surface area contributed by atoms with Crippen molar-refractivity contribution in [3.63, 3.8) is 0 Å². The van der Waals surface area contributed by atoms with Crippen molar-refractivity contribution in [2.24, 2.45) is 0 Å². The Kier molecular flexibility index (Phi) is 5.32. The molecule has 21 heavy (non-hydrogen) atoms. The van der Waals surface area contributed by atoms with E-state index in [9.17, 15) is 8.42 Å². The van der Waals surface area contributed by atoms with Crippen molar-refractivity contribution in [1.29, 1.82) is 0 Å². The summed E-state index contributed by atoms with van der Waals surface area (Å²) in [5, 5.41) is 3.21. The molecule has 8 heteroatoms. The number of rotatable bonds is 3. The SMILES string of the molecule is Cl.O=S(=O)(NC1CCNCC1)c1cccc2c1OCCO2. The number of benzene rings is 1. The molecule has 2 heterocycles. The van der Waals surface area contributed by atoms with Gasteiger partial charge < -0.3 is 14.8 Å². The Bertz CT molecular complexity index is 588. The first-order valence-electron chi connectivity index (χ1n) is 6.78. The van der Waals surface area contributed by atoms with Crippen molar-refractivity contribution in [3.8, 4) is 11.5 Å². The lowest BCUT2D eigenvalue weighted by molar-refractivity contribution is 0.167. The van der Waals surface area contributed by atoms with Crippen molar-refractivity contribution in [2.75, 3.05) is 26.3 Å². The van der Waals surface area contributed by atoms with Crippen LogP contribution in [0, 0.1) is 0 Å². The second-order valence-corrected chi connectivity index (χ2v) is 6.61. The second kappa shape index (κ2) is 6.83. The molecule has 2 aliphatic rings. The lowest BCUT2D eigenvalue weighted by atomic mass is 10.1. The van der Waals surface area contributed by atoms with Crippen molar-refractivity contribution >= 4 is 22.4 Å². The summed E-state index contributed by atoms with van der Waals surface area (Å²) in [6, 6.07) is 4.92. The number of nitrogens with one attached hydrogen (secondary N) is 2. The Morgan fingerprint density at radius 1 is 1.14 bits per heavy atom. The van der Waals surface area contributed by atoms with Crippen LogP contribution < -0.4 is 19.5 Å². The minimum absolute atomic E-state index is 0. The van der Waals surface area contributed by atoms with E-state index in [1.54, 1.807) is 18.2 Å². The largest absolute Gasteiger partial charge is 0.486 e. The van der Waals surface area contributed by atoms with Gasteiger partial charge in [-0.15, -0.1) is 12.4 Å². The highest BCUT2D eigenvalue weighted by Crippen LogP contribution is 2.36. The fourth-order valence-electron chi connectivity index (χ4n) is 2.48. The van der Waals surface area contributed by atoms with E-state index in [0.29, 0.717) is 24.7 Å². The molecule has 6 nitrogen and oxygen atoms in total. The highest BCUT2D eigenvalue weighted by Gasteiger charge is 2.27. The van der Waals surface area contributed by atoms with Crippen molar-refractivity contribution in [3.05, 3.63) is 18.2 Å². The molecule has 3 rings (SSSR count). The van der Waals surface area contributed by atoms with Gasteiger partial charge in [0.05, 0.1) is 0 Å². The maximum Gasteiger partial charge on any atom is 0.244 e. The average molecular weight is 335 g/mol. The molecule has 0 bridgehead atoms. The van der Waals surface area contributed by atoms with Gasteiger partial charge in [0.15, 0.2) is 11.5 Å². The van der Waals surface area contributed by atoms with E-state index in [-0.39, 0.29) is 23.3 Å².